The van der Waals surface area contributed by atoms with Gasteiger partial charge in [-0.2, -0.15) is 0 Å². The third kappa shape index (κ3) is 1.62. The summed E-state index contributed by atoms with van der Waals surface area (Å²) in [6, 6.07) is 6.32. The summed E-state index contributed by atoms with van der Waals surface area (Å²) < 4.78 is 3.86. The zero-order valence-corrected chi connectivity index (χ0v) is 12.1. The fourth-order valence-electron chi connectivity index (χ4n) is 2.44. The van der Waals surface area contributed by atoms with Crippen LogP contribution in [0.15, 0.2) is 29.0 Å². The third-order valence-electron chi connectivity index (χ3n) is 3.18. The highest BCUT2D eigenvalue weighted by atomic mass is 32.1. The van der Waals surface area contributed by atoms with Crippen molar-refractivity contribution in [3.05, 3.63) is 33.8 Å². The molecule has 4 aromatic rings. The van der Waals surface area contributed by atoms with Crippen LogP contribution in [0.4, 0.5) is 0 Å². The Labute approximate surface area is 120 Å². The molecule has 5 heteroatoms. The molecule has 3 aromatic heterocycles. The Kier molecular flexibility index (Phi) is 2.42. The van der Waals surface area contributed by atoms with Crippen LogP contribution in [-0.4, -0.2) is 11.1 Å². The summed E-state index contributed by atoms with van der Waals surface area (Å²) in [5, 5.41) is 16.9. The van der Waals surface area contributed by atoms with Crippen LogP contribution >= 0.6 is 34.0 Å². The summed E-state index contributed by atoms with van der Waals surface area (Å²) in [6.45, 7) is 0. The van der Waals surface area contributed by atoms with E-state index in [0.717, 1.165) is 4.88 Å². The highest BCUT2D eigenvalue weighted by Crippen LogP contribution is 2.43. The van der Waals surface area contributed by atoms with E-state index in [-0.39, 0.29) is 6.42 Å². The fraction of sp³-hybridized carbons (Fsp3) is 0.0714. The molecule has 0 aliphatic heterocycles. The summed E-state index contributed by atoms with van der Waals surface area (Å²) >= 11 is 5.13. The number of thiophene rings is 3. The number of carboxylic acid groups (broad SMARTS) is 1. The molecule has 19 heavy (non-hydrogen) atoms. The van der Waals surface area contributed by atoms with Crippen molar-refractivity contribution in [3.8, 4) is 0 Å². The van der Waals surface area contributed by atoms with Crippen LogP contribution in [0, 0.1) is 0 Å². The van der Waals surface area contributed by atoms with Gasteiger partial charge >= 0.3 is 5.97 Å². The second kappa shape index (κ2) is 4.03. The van der Waals surface area contributed by atoms with Crippen LogP contribution in [0.25, 0.3) is 30.3 Å². The van der Waals surface area contributed by atoms with E-state index in [1.54, 1.807) is 34.0 Å². The van der Waals surface area contributed by atoms with E-state index in [4.69, 9.17) is 5.11 Å². The van der Waals surface area contributed by atoms with E-state index < -0.39 is 5.97 Å². The van der Waals surface area contributed by atoms with Gasteiger partial charge in [0, 0.05) is 25.7 Å². The molecule has 0 unspecified atom stereocenters. The highest BCUT2D eigenvalue weighted by molar-refractivity contribution is 7.27. The molecular formula is C14H8O2S3. The molecule has 0 saturated heterocycles. The first-order valence-electron chi connectivity index (χ1n) is 5.74. The topological polar surface area (TPSA) is 37.3 Å². The maximum Gasteiger partial charge on any atom is 0.308 e. The molecule has 0 aliphatic carbocycles. The predicted molar refractivity (Wildman–Crippen MR) is 83.9 cm³/mol. The molecule has 0 spiro atoms. The second-order valence-electron chi connectivity index (χ2n) is 4.35. The zero-order valence-electron chi connectivity index (χ0n) is 9.67. The average molecular weight is 304 g/mol. The minimum absolute atomic E-state index is 0.108. The fourth-order valence-corrected chi connectivity index (χ4v) is 5.70. The van der Waals surface area contributed by atoms with Crippen molar-refractivity contribution >= 4 is 70.2 Å². The number of carboxylic acids is 1. The maximum absolute atomic E-state index is 10.9. The Hall–Kier alpha value is -1.43. The van der Waals surface area contributed by atoms with Gasteiger partial charge in [0.1, 0.15) is 0 Å². The Balaban J connectivity index is 2.18. The lowest BCUT2D eigenvalue weighted by Crippen LogP contribution is -1.96. The molecular weight excluding hydrogens is 296 g/mol. The first-order valence-corrected chi connectivity index (χ1v) is 8.32. The number of carbonyl (C=O) groups is 1. The van der Waals surface area contributed by atoms with Crippen molar-refractivity contribution in [1.29, 1.82) is 0 Å². The van der Waals surface area contributed by atoms with Crippen LogP contribution in [0.3, 0.4) is 0 Å². The van der Waals surface area contributed by atoms with Gasteiger partial charge in [0.15, 0.2) is 0 Å². The SMILES string of the molecule is O=C(O)Cc1cc2c3ccsc3c3sccc3c2s1. The molecule has 1 N–H and O–H groups in total. The van der Waals surface area contributed by atoms with Gasteiger partial charge in [-0.3, -0.25) is 4.79 Å². The van der Waals surface area contributed by atoms with Crippen molar-refractivity contribution in [1.82, 2.24) is 0 Å². The molecule has 0 fully saturated rings. The van der Waals surface area contributed by atoms with E-state index in [9.17, 15) is 4.79 Å². The number of rotatable bonds is 2. The van der Waals surface area contributed by atoms with Crippen LogP contribution in [-0.2, 0) is 11.2 Å². The van der Waals surface area contributed by atoms with Crippen molar-refractivity contribution in [2.24, 2.45) is 0 Å². The standard InChI is InChI=1S/C14H8O2S3/c15-11(16)6-7-5-10-8-1-3-17-13(8)14-9(2-4-18-14)12(10)19-7/h1-5H,6H2,(H,15,16). The number of fused-ring (bicyclic) bond motifs is 6. The lowest BCUT2D eigenvalue weighted by molar-refractivity contribution is -0.136. The van der Waals surface area contributed by atoms with Gasteiger partial charge in [-0.25, -0.2) is 0 Å². The van der Waals surface area contributed by atoms with Crippen molar-refractivity contribution in [2.75, 3.05) is 0 Å². The molecule has 1 aromatic carbocycles. The Morgan fingerprint density at radius 3 is 2.42 bits per heavy atom. The molecule has 0 saturated carbocycles. The number of hydrogen-bond donors (Lipinski definition) is 1. The van der Waals surface area contributed by atoms with Crippen LogP contribution < -0.4 is 0 Å². The van der Waals surface area contributed by atoms with E-state index in [1.165, 1.54) is 30.3 Å². The van der Waals surface area contributed by atoms with Gasteiger partial charge in [0.25, 0.3) is 0 Å². The Morgan fingerprint density at radius 1 is 1.00 bits per heavy atom. The summed E-state index contributed by atoms with van der Waals surface area (Å²) in [6.07, 6.45) is 0.108. The quantitative estimate of drug-likeness (QED) is 0.568. The minimum Gasteiger partial charge on any atom is -0.481 e. The van der Waals surface area contributed by atoms with Crippen LogP contribution in [0.1, 0.15) is 4.88 Å². The summed E-state index contributed by atoms with van der Waals surface area (Å²) in [5.41, 5.74) is 0. The van der Waals surface area contributed by atoms with E-state index in [1.807, 2.05) is 6.07 Å². The predicted octanol–water partition coefficient (Wildman–Crippen LogP) is 4.96. The van der Waals surface area contributed by atoms with E-state index in [0.29, 0.717) is 0 Å². The first-order chi connectivity index (χ1) is 9.24. The lowest BCUT2D eigenvalue weighted by Gasteiger charge is -1.96. The second-order valence-corrected chi connectivity index (χ2v) is 7.32. The minimum atomic E-state index is -0.769. The normalized spacial score (nSPS) is 11.8. The van der Waals surface area contributed by atoms with Crippen LogP contribution in [0.5, 0.6) is 0 Å². The zero-order chi connectivity index (χ0) is 13.0. The molecule has 0 aliphatic rings. The molecule has 3 heterocycles. The summed E-state index contributed by atoms with van der Waals surface area (Å²) in [4.78, 5) is 11.8. The largest absolute Gasteiger partial charge is 0.481 e. The van der Waals surface area contributed by atoms with Crippen LogP contribution in [0.2, 0.25) is 0 Å². The van der Waals surface area contributed by atoms with Gasteiger partial charge in [0.2, 0.25) is 0 Å². The van der Waals surface area contributed by atoms with Gasteiger partial charge in [0.05, 0.1) is 15.8 Å². The highest BCUT2D eigenvalue weighted by Gasteiger charge is 2.14. The third-order valence-corrected chi connectivity index (χ3v) is 6.34. The molecule has 0 amide bonds. The van der Waals surface area contributed by atoms with Gasteiger partial charge in [-0.1, -0.05) is 0 Å². The smallest absolute Gasteiger partial charge is 0.308 e. The average Bonchev–Trinajstić information content (AvgIpc) is 3.04. The Bertz CT molecular complexity index is 859. The van der Waals surface area contributed by atoms with Crippen molar-refractivity contribution in [3.63, 3.8) is 0 Å². The van der Waals surface area contributed by atoms with Gasteiger partial charge in [-0.15, -0.1) is 34.0 Å². The molecule has 0 radical (unpaired) electrons. The van der Waals surface area contributed by atoms with Crippen molar-refractivity contribution < 1.29 is 9.90 Å². The summed E-state index contributed by atoms with van der Waals surface area (Å²) in [7, 11) is 0. The van der Waals surface area contributed by atoms with E-state index in [2.05, 4.69) is 22.9 Å². The number of hydrogen-bond acceptors (Lipinski definition) is 4. The van der Waals surface area contributed by atoms with E-state index >= 15 is 0 Å². The molecule has 2 nitrogen and oxygen atoms in total. The van der Waals surface area contributed by atoms with Crippen molar-refractivity contribution in [2.45, 2.75) is 6.42 Å². The molecule has 0 bridgehead atoms. The molecule has 4 rings (SSSR count). The molecule has 94 valence electrons. The molecule has 0 atom stereocenters. The Morgan fingerprint density at radius 2 is 1.68 bits per heavy atom. The van der Waals surface area contributed by atoms with Gasteiger partial charge < -0.3 is 5.11 Å². The number of aliphatic carboxylic acids is 1. The van der Waals surface area contributed by atoms with Gasteiger partial charge in [-0.05, 0) is 29.0 Å². The monoisotopic (exact) mass is 304 g/mol. The number of benzene rings is 1. The summed E-state index contributed by atoms with van der Waals surface area (Å²) in [5.74, 6) is -0.769. The maximum atomic E-state index is 10.9. The first kappa shape index (κ1) is 11.4. The lowest BCUT2D eigenvalue weighted by atomic mass is 10.1.